The van der Waals surface area contributed by atoms with E-state index in [0.29, 0.717) is 5.82 Å². The lowest BCUT2D eigenvalue weighted by atomic mass is 9.80. The second-order valence-corrected chi connectivity index (χ2v) is 7.39. The van der Waals surface area contributed by atoms with Crippen molar-refractivity contribution in [3.05, 3.63) is 54.9 Å². The topological polar surface area (TPSA) is 108 Å². The molecule has 3 aromatic heterocycles. The van der Waals surface area contributed by atoms with Gasteiger partial charge >= 0.3 is 0 Å². The molecule has 7 nitrogen and oxygen atoms in total. The zero-order valence-electron chi connectivity index (χ0n) is 14.9. The first kappa shape index (κ1) is 16.3. The van der Waals surface area contributed by atoms with Gasteiger partial charge in [0.1, 0.15) is 0 Å². The Kier molecular flexibility index (Phi) is 3.66. The van der Waals surface area contributed by atoms with Gasteiger partial charge in [-0.3, -0.25) is 9.97 Å². The van der Waals surface area contributed by atoms with Crippen molar-refractivity contribution in [2.45, 2.75) is 37.3 Å². The van der Waals surface area contributed by atoms with Gasteiger partial charge in [-0.2, -0.15) is 5.10 Å². The third kappa shape index (κ3) is 2.75. The normalized spacial score (nSPS) is 23.1. The zero-order valence-corrected chi connectivity index (χ0v) is 14.9. The summed E-state index contributed by atoms with van der Waals surface area (Å²) >= 11 is 0. The number of hydrogen-bond donors (Lipinski definition) is 2. The molecule has 0 aliphatic heterocycles. The van der Waals surface area contributed by atoms with Crippen LogP contribution in [0.5, 0.6) is 0 Å². The Balaban J connectivity index is 1.55. The fourth-order valence-corrected chi connectivity index (χ4v) is 3.88. The molecule has 27 heavy (non-hydrogen) atoms. The van der Waals surface area contributed by atoms with Gasteiger partial charge in [0.25, 0.3) is 0 Å². The number of benzene rings is 1. The molecule has 4 N–H and O–H groups in total. The van der Waals surface area contributed by atoms with Crippen molar-refractivity contribution in [3.63, 3.8) is 0 Å². The van der Waals surface area contributed by atoms with E-state index in [2.05, 4.69) is 15.0 Å². The second-order valence-electron chi connectivity index (χ2n) is 7.39. The van der Waals surface area contributed by atoms with E-state index in [-0.39, 0.29) is 6.04 Å². The first-order chi connectivity index (χ1) is 13.1. The van der Waals surface area contributed by atoms with Crippen LogP contribution in [0.15, 0.2) is 49.1 Å². The molecule has 0 spiro atoms. The van der Waals surface area contributed by atoms with Gasteiger partial charge in [-0.25, -0.2) is 9.50 Å². The van der Waals surface area contributed by atoms with Crippen LogP contribution in [0.4, 0.5) is 0 Å². The van der Waals surface area contributed by atoms with Crippen molar-refractivity contribution in [2.24, 2.45) is 11.5 Å². The number of hydrogen-bond acceptors (Lipinski definition) is 6. The van der Waals surface area contributed by atoms with Crippen LogP contribution in [-0.4, -0.2) is 30.6 Å². The van der Waals surface area contributed by atoms with Crippen LogP contribution in [-0.2, 0) is 5.54 Å². The molecular formula is C20H21N7. The molecule has 1 saturated carbocycles. The number of nitrogens with zero attached hydrogens (tertiary/aromatic N) is 5. The van der Waals surface area contributed by atoms with Crippen LogP contribution >= 0.6 is 0 Å². The van der Waals surface area contributed by atoms with Crippen LogP contribution < -0.4 is 11.5 Å². The van der Waals surface area contributed by atoms with Gasteiger partial charge in [-0.15, -0.1) is 0 Å². The van der Waals surface area contributed by atoms with Crippen LogP contribution in [0.3, 0.4) is 0 Å². The van der Waals surface area contributed by atoms with E-state index in [9.17, 15) is 0 Å². The predicted molar refractivity (Wildman–Crippen MR) is 104 cm³/mol. The average Bonchev–Trinajstić information content (AvgIpc) is 3.13. The maximum absolute atomic E-state index is 6.60. The van der Waals surface area contributed by atoms with Crippen LogP contribution in [0, 0.1) is 0 Å². The molecule has 7 heteroatoms. The van der Waals surface area contributed by atoms with Gasteiger partial charge < -0.3 is 11.5 Å². The highest BCUT2D eigenvalue weighted by Gasteiger charge is 2.35. The summed E-state index contributed by atoms with van der Waals surface area (Å²) in [5.41, 5.74) is 16.9. The molecule has 1 aromatic carbocycles. The van der Waals surface area contributed by atoms with Crippen LogP contribution in [0.25, 0.3) is 27.7 Å². The zero-order chi connectivity index (χ0) is 18.4. The standard InChI is InChI=1S/C20H21N7/c21-14-3-6-20(22,7-4-14)19-25-12-18-15(5-10-27(18)26-19)13-1-2-16-17(11-13)24-9-8-23-16/h1-2,5,8-12,14H,3-4,6-7,21-22H2. The van der Waals surface area contributed by atoms with Gasteiger partial charge in [0.05, 0.1) is 28.3 Å². The molecule has 0 saturated heterocycles. The molecule has 0 amide bonds. The van der Waals surface area contributed by atoms with Gasteiger partial charge in [0, 0.05) is 30.2 Å². The summed E-state index contributed by atoms with van der Waals surface area (Å²) in [6, 6.07) is 8.35. The lowest BCUT2D eigenvalue weighted by Crippen LogP contribution is -2.45. The lowest BCUT2D eigenvalue weighted by Gasteiger charge is -2.34. The Morgan fingerprint density at radius 2 is 1.78 bits per heavy atom. The third-order valence-corrected chi connectivity index (χ3v) is 5.56. The monoisotopic (exact) mass is 359 g/mol. The SMILES string of the molecule is NC1CCC(N)(c2ncc3c(-c4ccc5nccnc5c4)ccn3n2)CC1. The maximum atomic E-state index is 6.60. The molecular weight excluding hydrogens is 338 g/mol. The van der Waals surface area contributed by atoms with Gasteiger partial charge in [-0.05, 0) is 49.4 Å². The van der Waals surface area contributed by atoms with Crippen molar-refractivity contribution >= 4 is 16.6 Å². The summed E-state index contributed by atoms with van der Waals surface area (Å²) in [5, 5.41) is 4.72. The highest BCUT2D eigenvalue weighted by Crippen LogP contribution is 2.33. The molecule has 3 heterocycles. The Morgan fingerprint density at radius 3 is 2.59 bits per heavy atom. The first-order valence-corrected chi connectivity index (χ1v) is 9.23. The number of nitrogens with two attached hydrogens (primary N) is 2. The molecule has 0 atom stereocenters. The van der Waals surface area contributed by atoms with Gasteiger partial charge in [-0.1, -0.05) is 6.07 Å². The summed E-state index contributed by atoms with van der Waals surface area (Å²) in [4.78, 5) is 13.3. The van der Waals surface area contributed by atoms with Crippen LogP contribution in [0.2, 0.25) is 0 Å². The summed E-state index contributed by atoms with van der Waals surface area (Å²) in [6.07, 6.45) is 10.7. The Labute approximate surface area is 156 Å². The largest absolute Gasteiger partial charge is 0.328 e. The van der Waals surface area contributed by atoms with Gasteiger partial charge in [0.15, 0.2) is 5.82 Å². The quantitative estimate of drug-likeness (QED) is 0.569. The fraction of sp³-hybridized carbons (Fsp3) is 0.300. The Bertz CT molecular complexity index is 1130. The van der Waals surface area contributed by atoms with E-state index in [1.807, 2.05) is 41.2 Å². The summed E-state index contributed by atoms with van der Waals surface area (Å²) in [6.45, 7) is 0. The molecule has 5 rings (SSSR count). The van der Waals surface area contributed by atoms with E-state index >= 15 is 0 Å². The minimum atomic E-state index is -0.493. The highest BCUT2D eigenvalue weighted by atomic mass is 15.3. The molecule has 1 aliphatic carbocycles. The van der Waals surface area contributed by atoms with E-state index in [4.69, 9.17) is 16.6 Å². The van der Waals surface area contributed by atoms with Gasteiger partial charge in [0.2, 0.25) is 0 Å². The molecule has 136 valence electrons. The summed E-state index contributed by atoms with van der Waals surface area (Å²) < 4.78 is 1.86. The molecule has 0 radical (unpaired) electrons. The Hall–Kier alpha value is -2.90. The third-order valence-electron chi connectivity index (χ3n) is 5.56. The van der Waals surface area contributed by atoms with Crippen molar-refractivity contribution in [2.75, 3.05) is 0 Å². The van der Waals surface area contributed by atoms with Crippen molar-refractivity contribution in [1.29, 1.82) is 0 Å². The molecule has 1 fully saturated rings. The van der Waals surface area contributed by atoms with E-state index in [0.717, 1.165) is 53.4 Å². The average molecular weight is 359 g/mol. The smallest absolute Gasteiger partial charge is 0.169 e. The van der Waals surface area contributed by atoms with E-state index < -0.39 is 5.54 Å². The number of rotatable bonds is 2. The minimum absolute atomic E-state index is 0.236. The maximum Gasteiger partial charge on any atom is 0.169 e. The van der Waals surface area contributed by atoms with E-state index in [1.165, 1.54) is 0 Å². The summed E-state index contributed by atoms with van der Waals surface area (Å²) in [5.74, 6) is 0.688. The molecule has 4 aromatic rings. The molecule has 0 unspecified atom stereocenters. The Morgan fingerprint density at radius 1 is 1.00 bits per heavy atom. The lowest BCUT2D eigenvalue weighted by molar-refractivity contribution is 0.262. The molecule has 1 aliphatic rings. The second kappa shape index (κ2) is 6.07. The van der Waals surface area contributed by atoms with E-state index in [1.54, 1.807) is 12.4 Å². The fourth-order valence-electron chi connectivity index (χ4n) is 3.88. The van der Waals surface area contributed by atoms with Crippen molar-refractivity contribution in [1.82, 2.24) is 24.6 Å². The summed E-state index contributed by atoms with van der Waals surface area (Å²) in [7, 11) is 0. The minimum Gasteiger partial charge on any atom is -0.328 e. The first-order valence-electron chi connectivity index (χ1n) is 9.23. The van der Waals surface area contributed by atoms with Crippen molar-refractivity contribution < 1.29 is 0 Å². The van der Waals surface area contributed by atoms with Crippen molar-refractivity contribution in [3.8, 4) is 11.1 Å². The predicted octanol–water partition coefficient (Wildman–Crippen LogP) is 2.39. The van der Waals surface area contributed by atoms with Crippen LogP contribution in [0.1, 0.15) is 31.5 Å². The number of aromatic nitrogens is 5. The number of fused-ring (bicyclic) bond motifs is 2. The molecule has 0 bridgehead atoms. The highest BCUT2D eigenvalue weighted by molar-refractivity contribution is 5.86.